The highest BCUT2D eigenvalue weighted by Gasteiger charge is 2.04. The first-order valence-electron chi connectivity index (χ1n) is 7.24. The van der Waals surface area contributed by atoms with Gasteiger partial charge in [-0.2, -0.15) is 0 Å². The van der Waals surface area contributed by atoms with Crippen LogP contribution in [0.3, 0.4) is 0 Å². The Hall–Kier alpha value is -1.02. The average Bonchev–Trinajstić information content (AvgIpc) is 2.38. The van der Waals surface area contributed by atoms with E-state index in [4.69, 9.17) is 0 Å². The maximum atomic E-state index is 3.52. The van der Waals surface area contributed by atoms with E-state index >= 15 is 0 Å². The summed E-state index contributed by atoms with van der Waals surface area (Å²) in [6.45, 7) is 11.2. The van der Waals surface area contributed by atoms with E-state index in [1.54, 1.807) is 0 Å². The Morgan fingerprint density at radius 3 is 2.44 bits per heavy atom. The van der Waals surface area contributed by atoms with Crippen LogP contribution in [0, 0.1) is 5.92 Å². The lowest BCUT2D eigenvalue weighted by Crippen LogP contribution is -2.34. The number of rotatable bonds is 9. The molecule has 0 heterocycles. The third-order valence-electron chi connectivity index (χ3n) is 3.01. The van der Waals surface area contributed by atoms with Gasteiger partial charge in [0.15, 0.2) is 0 Å². The minimum Gasteiger partial charge on any atom is -0.370 e. The van der Waals surface area contributed by atoms with Crippen LogP contribution in [0.4, 0.5) is 5.69 Å². The second-order valence-corrected chi connectivity index (χ2v) is 5.27. The third-order valence-corrected chi connectivity index (χ3v) is 3.01. The molecule has 0 saturated heterocycles. The van der Waals surface area contributed by atoms with Crippen molar-refractivity contribution in [1.82, 2.24) is 5.32 Å². The molecule has 0 aliphatic heterocycles. The van der Waals surface area contributed by atoms with Crippen molar-refractivity contribution in [2.24, 2.45) is 5.92 Å². The second kappa shape index (κ2) is 8.98. The fourth-order valence-corrected chi connectivity index (χ4v) is 1.96. The highest BCUT2D eigenvalue weighted by molar-refractivity contribution is 5.45. The lowest BCUT2D eigenvalue weighted by atomic mass is 10.2. The summed E-state index contributed by atoms with van der Waals surface area (Å²) in [5.74, 6) is 0.728. The molecule has 18 heavy (non-hydrogen) atoms. The average molecular weight is 248 g/mol. The molecule has 0 radical (unpaired) electrons. The molecule has 2 heteroatoms. The molecule has 1 rings (SSSR count). The maximum absolute atomic E-state index is 3.52. The number of anilines is 1. The van der Waals surface area contributed by atoms with Crippen LogP contribution in [0.5, 0.6) is 0 Å². The van der Waals surface area contributed by atoms with E-state index in [2.05, 4.69) is 61.3 Å². The van der Waals surface area contributed by atoms with Crippen LogP contribution in [0.2, 0.25) is 0 Å². The second-order valence-electron chi connectivity index (χ2n) is 5.27. The zero-order chi connectivity index (χ0) is 13.2. The summed E-state index contributed by atoms with van der Waals surface area (Å²) in [4.78, 5) is 2.48. The summed E-state index contributed by atoms with van der Waals surface area (Å²) < 4.78 is 0. The minimum absolute atomic E-state index is 0.728. The summed E-state index contributed by atoms with van der Waals surface area (Å²) in [6.07, 6.45) is 2.52. The topological polar surface area (TPSA) is 15.3 Å². The quantitative estimate of drug-likeness (QED) is 0.672. The zero-order valence-electron chi connectivity index (χ0n) is 12.2. The van der Waals surface area contributed by atoms with Crippen molar-refractivity contribution in [3.63, 3.8) is 0 Å². The van der Waals surface area contributed by atoms with E-state index in [9.17, 15) is 0 Å². The minimum atomic E-state index is 0.728. The molecule has 0 bridgehead atoms. The lowest BCUT2D eigenvalue weighted by molar-refractivity contribution is 0.548. The third kappa shape index (κ3) is 6.06. The van der Waals surface area contributed by atoms with Crippen LogP contribution in [0.1, 0.15) is 33.6 Å². The highest BCUT2D eigenvalue weighted by atomic mass is 15.1. The van der Waals surface area contributed by atoms with Crippen LogP contribution in [0.15, 0.2) is 30.3 Å². The molecular weight excluding hydrogens is 220 g/mol. The van der Waals surface area contributed by atoms with Gasteiger partial charge in [-0.25, -0.2) is 0 Å². The Balaban J connectivity index is 2.41. The van der Waals surface area contributed by atoms with Gasteiger partial charge in [0.25, 0.3) is 0 Å². The van der Waals surface area contributed by atoms with Crippen LogP contribution in [-0.4, -0.2) is 26.2 Å². The molecule has 0 fully saturated rings. The molecule has 102 valence electrons. The van der Waals surface area contributed by atoms with Crippen molar-refractivity contribution in [1.29, 1.82) is 0 Å². The summed E-state index contributed by atoms with van der Waals surface area (Å²) in [6, 6.07) is 10.7. The summed E-state index contributed by atoms with van der Waals surface area (Å²) in [5, 5.41) is 3.52. The molecule has 0 aliphatic carbocycles. The Labute approximate surface area is 112 Å². The van der Waals surface area contributed by atoms with E-state index in [0.29, 0.717) is 0 Å². The number of para-hydroxylation sites is 1. The van der Waals surface area contributed by atoms with Crippen LogP contribution < -0.4 is 10.2 Å². The molecule has 1 aromatic carbocycles. The van der Waals surface area contributed by atoms with Gasteiger partial charge < -0.3 is 10.2 Å². The lowest BCUT2D eigenvalue weighted by Gasteiger charge is -2.25. The summed E-state index contributed by atoms with van der Waals surface area (Å²) in [7, 11) is 0. The first-order valence-corrected chi connectivity index (χ1v) is 7.24. The number of hydrogen-bond acceptors (Lipinski definition) is 2. The number of nitrogens with zero attached hydrogens (tertiary/aromatic N) is 1. The summed E-state index contributed by atoms with van der Waals surface area (Å²) >= 11 is 0. The molecule has 0 atom stereocenters. The van der Waals surface area contributed by atoms with E-state index in [0.717, 1.165) is 32.1 Å². The Morgan fingerprint density at radius 1 is 1.11 bits per heavy atom. The molecule has 2 nitrogen and oxygen atoms in total. The van der Waals surface area contributed by atoms with Gasteiger partial charge >= 0.3 is 0 Å². The maximum Gasteiger partial charge on any atom is 0.0366 e. The van der Waals surface area contributed by atoms with E-state index in [1.165, 1.54) is 18.5 Å². The van der Waals surface area contributed by atoms with Gasteiger partial charge in [0.2, 0.25) is 0 Å². The number of benzene rings is 1. The molecule has 0 amide bonds. The number of hydrogen-bond donors (Lipinski definition) is 1. The Kier molecular flexibility index (Phi) is 7.51. The Morgan fingerprint density at radius 2 is 1.83 bits per heavy atom. The largest absolute Gasteiger partial charge is 0.370 e. The van der Waals surface area contributed by atoms with Gasteiger partial charge in [-0.3, -0.25) is 0 Å². The normalized spacial score (nSPS) is 10.9. The smallest absolute Gasteiger partial charge is 0.0366 e. The van der Waals surface area contributed by atoms with Crippen molar-refractivity contribution in [2.45, 2.75) is 33.6 Å². The predicted octanol–water partition coefficient (Wildman–Crippen LogP) is 3.54. The van der Waals surface area contributed by atoms with Gasteiger partial charge in [-0.15, -0.1) is 0 Å². The molecule has 1 N–H and O–H groups in total. The molecule has 0 aromatic heterocycles. The SMILES string of the molecule is CCCCN(CCNCC(C)C)c1ccccc1. The number of unbranched alkanes of at least 4 members (excludes halogenated alkanes) is 1. The number of nitrogens with one attached hydrogen (secondary N) is 1. The van der Waals surface area contributed by atoms with Crippen molar-refractivity contribution in [3.05, 3.63) is 30.3 Å². The van der Waals surface area contributed by atoms with Crippen LogP contribution >= 0.6 is 0 Å². The van der Waals surface area contributed by atoms with E-state index in [-0.39, 0.29) is 0 Å². The Bertz CT molecular complexity index is 295. The van der Waals surface area contributed by atoms with Crippen molar-refractivity contribution in [2.75, 3.05) is 31.1 Å². The fraction of sp³-hybridized carbons (Fsp3) is 0.625. The highest BCUT2D eigenvalue weighted by Crippen LogP contribution is 2.13. The molecule has 1 aromatic rings. The van der Waals surface area contributed by atoms with Crippen LogP contribution in [0.25, 0.3) is 0 Å². The zero-order valence-corrected chi connectivity index (χ0v) is 12.2. The van der Waals surface area contributed by atoms with Gasteiger partial charge in [-0.05, 0) is 31.0 Å². The van der Waals surface area contributed by atoms with E-state index in [1.807, 2.05) is 0 Å². The molecule has 0 saturated carbocycles. The van der Waals surface area contributed by atoms with Crippen molar-refractivity contribution in [3.8, 4) is 0 Å². The molecule has 0 unspecified atom stereocenters. The first kappa shape index (κ1) is 15.0. The monoisotopic (exact) mass is 248 g/mol. The van der Waals surface area contributed by atoms with Gasteiger partial charge in [0, 0.05) is 25.3 Å². The predicted molar refractivity (Wildman–Crippen MR) is 81.3 cm³/mol. The standard InChI is InChI=1S/C16H28N2/c1-4-5-12-18(13-11-17-14-15(2)3)16-9-7-6-8-10-16/h6-10,15,17H,4-5,11-14H2,1-3H3. The summed E-state index contributed by atoms with van der Waals surface area (Å²) in [5.41, 5.74) is 1.34. The van der Waals surface area contributed by atoms with Gasteiger partial charge in [0.05, 0.1) is 0 Å². The van der Waals surface area contributed by atoms with E-state index < -0.39 is 0 Å². The van der Waals surface area contributed by atoms with Crippen LogP contribution in [-0.2, 0) is 0 Å². The van der Waals surface area contributed by atoms with Crippen molar-refractivity contribution >= 4 is 5.69 Å². The first-order chi connectivity index (χ1) is 8.74. The molecular formula is C16H28N2. The van der Waals surface area contributed by atoms with Gasteiger partial charge in [-0.1, -0.05) is 45.4 Å². The molecule has 0 spiro atoms. The van der Waals surface area contributed by atoms with Crippen molar-refractivity contribution < 1.29 is 0 Å². The fourth-order valence-electron chi connectivity index (χ4n) is 1.96. The molecule has 0 aliphatic rings. The van der Waals surface area contributed by atoms with Gasteiger partial charge in [0.1, 0.15) is 0 Å².